The number of benzene rings is 5. The van der Waals surface area contributed by atoms with Crippen LogP contribution in [-0.4, -0.2) is 50.3 Å². The van der Waals surface area contributed by atoms with Gasteiger partial charge in [0.25, 0.3) is 0 Å². The van der Waals surface area contributed by atoms with Gasteiger partial charge in [0.05, 0.1) is 11.3 Å². The van der Waals surface area contributed by atoms with Crippen LogP contribution in [0.25, 0.3) is 10.8 Å². The van der Waals surface area contributed by atoms with Gasteiger partial charge in [-0.2, -0.15) is 4.72 Å². The van der Waals surface area contributed by atoms with E-state index in [-0.39, 0.29) is 29.2 Å². The molecule has 5 aromatic carbocycles. The van der Waals surface area contributed by atoms with E-state index in [0.29, 0.717) is 26.1 Å². The van der Waals surface area contributed by atoms with Crippen molar-refractivity contribution in [3.8, 4) is 0 Å². The maximum Gasteiger partial charge on any atom is 0.241 e. The number of fused-ring (bicyclic) bond motifs is 1. The van der Waals surface area contributed by atoms with E-state index in [2.05, 4.69) is 15.4 Å². The Bertz CT molecular complexity index is 1950. The Hall–Kier alpha value is -4.99. The Balaban J connectivity index is 1.09. The predicted molar refractivity (Wildman–Crippen MR) is 190 cm³/mol. The summed E-state index contributed by atoms with van der Waals surface area (Å²) in [6.07, 6.45) is 2.25. The maximum atomic E-state index is 14.1. The molecule has 9 heteroatoms. The van der Waals surface area contributed by atoms with Gasteiger partial charge in [-0.3, -0.25) is 9.59 Å². The number of carbonyl (C=O) groups excluding carboxylic acids is 2. The standard InChI is InChI=1S/C39H40N4O4S/c44-38(25-30-12-5-2-6-13-30)41-27-31-17-20-34(21-18-31)40-28-35-16-9-23-43(35)39(45)37(24-29-10-3-1-4-11-29)42-48(46,47)36-22-19-32-14-7-8-15-33(32)26-36/h1-8,10-15,17-22,26,35,37,40,42H,9,16,23-25,27-28H2,(H,41,44)/t35-,37+/m1/s1. The van der Waals surface area contributed by atoms with Crippen molar-refractivity contribution in [2.24, 2.45) is 0 Å². The number of carbonyl (C=O) groups is 2. The first-order valence-corrected chi connectivity index (χ1v) is 17.8. The zero-order valence-corrected chi connectivity index (χ0v) is 27.5. The number of amides is 2. The third-order valence-electron chi connectivity index (χ3n) is 8.76. The van der Waals surface area contributed by atoms with Crippen LogP contribution >= 0.6 is 0 Å². The average Bonchev–Trinajstić information content (AvgIpc) is 3.59. The normalized spacial score (nSPS) is 15.2. The van der Waals surface area contributed by atoms with Crippen LogP contribution in [0.3, 0.4) is 0 Å². The number of likely N-dealkylation sites (tertiary alicyclic amines) is 1. The van der Waals surface area contributed by atoms with Gasteiger partial charge < -0.3 is 15.5 Å². The summed E-state index contributed by atoms with van der Waals surface area (Å²) >= 11 is 0. The first kappa shape index (κ1) is 32.9. The van der Waals surface area contributed by atoms with Gasteiger partial charge >= 0.3 is 0 Å². The summed E-state index contributed by atoms with van der Waals surface area (Å²) in [5.74, 6) is -0.256. The highest BCUT2D eigenvalue weighted by Crippen LogP contribution is 2.23. The van der Waals surface area contributed by atoms with Crippen molar-refractivity contribution in [3.05, 3.63) is 144 Å². The van der Waals surface area contributed by atoms with Crippen LogP contribution < -0.4 is 15.4 Å². The molecule has 1 fully saturated rings. The van der Waals surface area contributed by atoms with Crippen molar-refractivity contribution in [2.75, 3.05) is 18.4 Å². The third-order valence-corrected chi connectivity index (χ3v) is 10.2. The Morgan fingerprint density at radius 2 is 1.42 bits per heavy atom. The van der Waals surface area contributed by atoms with Crippen molar-refractivity contribution in [2.45, 2.75) is 49.2 Å². The molecule has 0 aliphatic carbocycles. The van der Waals surface area contributed by atoms with E-state index in [0.717, 1.165) is 46.0 Å². The molecule has 246 valence electrons. The summed E-state index contributed by atoms with van der Waals surface area (Å²) in [6, 6.07) is 38.6. The van der Waals surface area contributed by atoms with Crippen LogP contribution in [0, 0.1) is 0 Å². The molecule has 0 unspecified atom stereocenters. The number of hydrogen-bond donors (Lipinski definition) is 3. The van der Waals surface area contributed by atoms with E-state index in [1.54, 1.807) is 18.2 Å². The van der Waals surface area contributed by atoms with Gasteiger partial charge in [-0.05, 0) is 71.0 Å². The molecule has 1 aliphatic rings. The first-order valence-electron chi connectivity index (χ1n) is 16.3. The maximum absolute atomic E-state index is 14.1. The zero-order valence-electron chi connectivity index (χ0n) is 26.7. The molecule has 1 heterocycles. The molecule has 0 aromatic heterocycles. The molecule has 0 bridgehead atoms. The summed E-state index contributed by atoms with van der Waals surface area (Å²) < 4.78 is 30.1. The number of anilines is 1. The van der Waals surface area contributed by atoms with Crippen molar-refractivity contribution < 1.29 is 18.0 Å². The fourth-order valence-electron chi connectivity index (χ4n) is 6.18. The van der Waals surface area contributed by atoms with Crippen LogP contribution in [0.15, 0.2) is 132 Å². The fraction of sp³-hybridized carbons (Fsp3) is 0.231. The second kappa shape index (κ2) is 15.3. The van der Waals surface area contributed by atoms with Gasteiger partial charge in [0.1, 0.15) is 6.04 Å². The van der Waals surface area contributed by atoms with Crippen LogP contribution in [0.4, 0.5) is 5.69 Å². The fourth-order valence-corrected chi connectivity index (χ4v) is 7.40. The molecule has 1 saturated heterocycles. The minimum absolute atomic E-state index is 0.0282. The van der Waals surface area contributed by atoms with Gasteiger partial charge in [-0.1, -0.05) is 103 Å². The third kappa shape index (κ3) is 8.48. The molecule has 6 rings (SSSR count). The first-order chi connectivity index (χ1) is 23.3. The van der Waals surface area contributed by atoms with Crippen molar-refractivity contribution in [1.29, 1.82) is 0 Å². The summed E-state index contributed by atoms with van der Waals surface area (Å²) in [4.78, 5) is 28.4. The Morgan fingerprint density at radius 3 is 2.15 bits per heavy atom. The summed E-state index contributed by atoms with van der Waals surface area (Å²) in [5, 5.41) is 8.19. The lowest BCUT2D eigenvalue weighted by Crippen LogP contribution is -2.52. The quantitative estimate of drug-likeness (QED) is 0.150. The van der Waals surface area contributed by atoms with E-state index in [4.69, 9.17) is 0 Å². The van der Waals surface area contributed by atoms with Crippen LogP contribution in [0.1, 0.15) is 29.5 Å². The molecule has 5 aromatic rings. The average molecular weight is 661 g/mol. The Morgan fingerprint density at radius 1 is 0.750 bits per heavy atom. The zero-order chi connectivity index (χ0) is 33.3. The molecule has 0 spiro atoms. The highest BCUT2D eigenvalue weighted by Gasteiger charge is 2.35. The number of hydrogen-bond acceptors (Lipinski definition) is 5. The number of rotatable bonds is 13. The van der Waals surface area contributed by atoms with Gasteiger partial charge in [0.15, 0.2) is 0 Å². The number of sulfonamides is 1. The highest BCUT2D eigenvalue weighted by atomic mass is 32.2. The SMILES string of the molecule is O=C(Cc1ccccc1)NCc1ccc(NC[C@H]2CCCN2C(=O)[C@H](Cc2ccccc2)NS(=O)(=O)c2ccc3ccccc3c2)cc1. The molecular formula is C39H40N4O4S. The largest absolute Gasteiger partial charge is 0.383 e. The van der Waals surface area contributed by atoms with E-state index in [1.165, 1.54) is 0 Å². The van der Waals surface area contributed by atoms with E-state index >= 15 is 0 Å². The van der Waals surface area contributed by atoms with Crippen molar-refractivity contribution >= 4 is 38.3 Å². The molecule has 1 aliphatic heterocycles. The van der Waals surface area contributed by atoms with E-state index < -0.39 is 16.1 Å². The van der Waals surface area contributed by atoms with Crippen LogP contribution in [0.5, 0.6) is 0 Å². The lowest BCUT2D eigenvalue weighted by Gasteiger charge is -2.30. The molecule has 48 heavy (non-hydrogen) atoms. The lowest BCUT2D eigenvalue weighted by molar-refractivity contribution is -0.133. The monoisotopic (exact) mass is 660 g/mol. The van der Waals surface area contributed by atoms with Crippen molar-refractivity contribution in [3.63, 3.8) is 0 Å². The van der Waals surface area contributed by atoms with Gasteiger partial charge in [0, 0.05) is 31.4 Å². The predicted octanol–water partition coefficient (Wildman–Crippen LogP) is 5.69. The molecule has 2 amide bonds. The molecule has 0 saturated carbocycles. The number of nitrogens with one attached hydrogen (secondary N) is 3. The molecule has 3 N–H and O–H groups in total. The number of nitrogens with zero attached hydrogens (tertiary/aromatic N) is 1. The molecule has 8 nitrogen and oxygen atoms in total. The van der Waals surface area contributed by atoms with Crippen LogP contribution in [-0.2, 0) is 39.0 Å². The van der Waals surface area contributed by atoms with Gasteiger partial charge in [-0.25, -0.2) is 8.42 Å². The minimum Gasteiger partial charge on any atom is -0.383 e. The van der Waals surface area contributed by atoms with Crippen LogP contribution in [0.2, 0.25) is 0 Å². The van der Waals surface area contributed by atoms with E-state index in [1.807, 2.05) is 114 Å². The van der Waals surface area contributed by atoms with Crippen molar-refractivity contribution in [1.82, 2.24) is 14.9 Å². The Labute approximate surface area is 282 Å². The Kier molecular flexibility index (Phi) is 10.5. The highest BCUT2D eigenvalue weighted by molar-refractivity contribution is 7.89. The van der Waals surface area contributed by atoms with Gasteiger partial charge in [0.2, 0.25) is 21.8 Å². The molecule has 2 atom stereocenters. The molecular weight excluding hydrogens is 621 g/mol. The lowest BCUT2D eigenvalue weighted by atomic mass is 10.1. The second-order valence-electron chi connectivity index (χ2n) is 12.2. The topological polar surface area (TPSA) is 108 Å². The second-order valence-corrected chi connectivity index (χ2v) is 13.9. The summed E-state index contributed by atoms with van der Waals surface area (Å²) in [6.45, 7) is 1.54. The summed E-state index contributed by atoms with van der Waals surface area (Å²) in [5.41, 5.74) is 3.75. The summed E-state index contributed by atoms with van der Waals surface area (Å²) in [7, 11) is -3.99. The smallest absolute Gasteiger partial charge is 0.241 e. The molecule has 0 radical (unpaired) electrons. The van der Waals surface area contributed by atoms with E-state index in [9.17, 15) is 18.0 Å². The van der Waals surface area contributed by atoms with Gasteiger partial charge in [-0.15, -0.1) is 0 Å². The minimum atomic E-state index is -3.99.